The molecule has 1 aromatic heterocycles. The summed E-state index contributed by atoms with van der Waals surface area (Å²) < 4.78 is 5.44. The van der Waals surface area contributed by atoms with Crippen molar-refractivity contribution < 1.29 is 4.74 Å². The molecule has 0 spiro atoms. The highest BCUT2D eigenvalue weighted by Crippen LogP contribution is 2.26. The minimum atomic E-state index is 0.496. The first-order valence-corrected chi connectivity index (χ1v) is 7.42. The van der Waals surface area contributed by atoms with Crippen molar-refractivity contribution in [1.29, 1.82) is 0 Å². The third-order valence-corrected chi connectivity index (χ3v) is 3.70. The number of ether oxygens (including phenoxy) is 1. The molecule has 0 aliphatic rings. The van der Waals surface area contributed by atoms with E-state index in [0.29, 0.717) is 12.6 Å². The van der Waals surface area contributed by atoms with Crippen LogP contribution < -0.4 is 10.1 Å². The SMILES string of the molecule is CCOc1ccc(-c2ncc(CNC(C)C)s2)cc1. The smallest absolute Gasteiger partial charge is 0.123 e. The van der Waals surface area contributed by atoms with Crippen molar-refractivity contribution in [3.63, 3.8) is 0 Å². The van der Waals surface area contributed by atoms with Crippen molar-refractivity contribution in [2.45, 2.75) is 33.4 Å². The summed E-state index contributed by atoms with van der Waals surface area (Å²) in [5.74, 6) is 0.907. The molecular weight excluding hydrogens is 256 g/mol. The topological polar surface area (TPSA) is 34.1 Å². The Labute approximate surface area is 118 Å². The maximum atomic E-state index is 5.44. The minimum Gasteiger partial charge on any atom is -0.494 e. The molecule has 102 valence electrons. The molecule has 1 heterocycles. The van der Waals surface area contributed by atoms with Crippen LogP contribution >= 0.6 is 11.3 Å². The number of hydrogen-bond acceptors (Lipinski definition) is 4. The average Bonchev–Trinajstić information content (AvgIpc) is 2.86. The fourth-order valence-corrected chi connectivity index (χ4v) is 2.56. The molecule has 0 saturated heterocycles. The van der Waals surface area contributed by atoms with E-state index in [0.717, 1.165) is 22.9 Å². The van der Waals surface area contributed by atoms with E-state index in [1.54, 1.807) is 11.3 Å². The molecule has 0 saturated carbocycles. The van der Waals surface area contributed by atoms with Crippen LogP contribution in [-0.4, -0.2) is 17.6 Å². The van der Waals surface area contributed by atoms with Crippen molar-refractivity contribution in [3.05, 3.63) is 35.3 Å². The molecule has 0 aliphatic carbocycles. The molecule has 4 heteroatoms. The maximum Gasteiger partial charge on any atom is 0.123 e. The number of aromatic nitrogens is 1. The van der Waals surface area contributed by atoms with Crippen molar-refractivity contribution in [2.24, 2.45) is 0 Å². The van der Waals surface area contributed by atoms with Crippen molar-refractivity contribution >= 4 is 11.3 Å². The van der Waals surface area contributed by atoms with E-state index in [-0.39, 0.29) is 0 Å². The second-order valence-electron chi connectivity index (χ2n) is 4.62. The molecule has 2 rings (SSSR count). The first kappa shape index (κ1) is 14.0. The normalized spacial score (nSPS) is 10.9. The number of rotatable bonds is 6. The summed E-state index contributed by atoms with van der Waals surface area (Å²) in [6.45, 7) is 7.86. The van der Waals surface area contributed by atoms with Gasteiger partial charge >= 0.3 is 0 Å². The second-order valence-corrected chi connectivity index (χ2v) is 5.74. The summed E-state index contributed by atoms with van der Waals surface area (Å²) in [6.07, 6.45) is 1.95. The number of hydrogen-bond donors (Lipinski definition) is 1. The lowest BCUT2D eigenvalue weighted by atomic mass is 10.2. The van der Waals surface area contributed by atoms with E-state index in [4.69, 9.17) is 4.74 Å². The van der Waals surface area contributed by atoms with Crippen molar-refractivity contribution in [2.75, 3.05) is 6.61 Å². The van der Waals surface area contributed by atoms with Gasteiger partial charge in [-0.1, -0.05) is 13.8 Å². The molecule has 19 heavy (non-hydrogen) atoms. The Morgan fingerprint density at radius 2 is 2.00 bits per heavy atom. The van der Waals surface area contributed by atoms with Crippen LogP contribution in [0.15, 0.2) is 30.5 Å². The first-order chi connectivity index (χ1) is 9.19. The second kappa shape index (κ2) is 6.68. The Morgan fingerprint density at radius 1 is 1.26 bits per heavy atom. The van der Waals surface area contributed by atoms with Gasteiger partial charge in [-0.3, -0.25) is 0 Å². The summed E-state index contributed by atoms with van der Waals surface area (Å²) in [5.41, 5.74) is 1.14. The summed E-state index contributed by atoms with van der Waals surface area (Å²) >= 11 is 1.73. The van der Waals surface area contributed by atoms with E-state index in [2.05, 4.69) is 36.3 Å². The van der Waals surface area contributed by atoms with Gasteiger partial charge in [0.05, 0.1) is 6.61 Å². The van der Waals surface area contributed by atoms with Crippen molar-refractivity contribution in [1.82, 2.24) is 10.3 Å². The van der Waals surface area contributed by atoms with Gasteiger partial charge in [-0.25, -0.2) is 4.98 Å². The number of nitrogens with zero attached hydrogens (tertiary/aromatic N) is 1. The zero-order valence-corrected chi connectivity index (χ0v) is 12.5. The molecule has 0 fully saturated rings. The lowest BCUT2D eigenvalue weighted by Crippen LogP contribution is -2.21. The monoisotopic (exact) mass is 276 g/mol. The van der Waals surface area contributed by atoms with E-state index < -0.39 is 0 Å². The molecular formula is C15H20N2OS. The molecule has 0 unspecified atom stereocenters. The average molecular weight is 276 g/mol. The fourth-order valence-electron chi connectivity index (χ4n) is 1.69. The van der Waals surface area contributed by atoms with Crippen LogP contribution in [0, 0.1) is 0 Å². The summed E-state index contributed by atoms with van der Waals surface area (Å²) in [4.78, 5) is 5.74. The van der Waals surface area contributed by atoms with Gasteiger partial charge in [0.1, 0.15) is 10.8 Å². The molecule has 0 radical (unpaired) electrons. The summed E-state index contributed by atoms with van der Waals surface area (Å²) in [7, 11) is 0. The number of thiazole rings is 1. The highest BCUT2D eigenvalue weighted by Gasteiger charge is 2.05. The first-order valence-electron chi connectivity index (χ1n) is 6.60. The van der Waals surface area contributed by atoms with Crippen LogP contribution in [0.25, 0.3) is 10.6 Å². The van der Waals surface area contributed by atoms with Gasteiger partial charge in [0.15, 0.2) is 0 Å². The largest absolute Gasteiger partial charge is 0.494 e. The van der Waals surface area contributed by atoms with Gasteiger partial charge < -0.3 is 10.1 Å². The van der Waals surface area contributed by atoms with Crippen LogP contribution in [0.4, 0.5) is 0 Å². The standard InChI is InChI=1S/C15H20N2OS/c1-4-18-13-7-5-12(6-8-13)15-17-10-14(19-15)9-16-11(2)3/h5-8,10-11,16H,4,9H2,1-3H3. The predicted molar refractivity (Wildman–Crippen MR) is 80.7 cm³/mol. The predicted octanol–water partition coefficient (Wildman–Crippen LogP) is 3.71. The highest BCUT2D eigenvalue weighted by atomic mass is 32.1. The Morgan fingerprint density at radius 3 is 2.63 bits per heavy atom. The van der Waals surface area contributed by atoms with E-state index >= 15 is 0 Å². The molecule has 1 N–H and O–H groups in total. The van der Waals surface area contributed by atoms with Crippen LogP contribution in [0.1, 0.15) is 25.6 Å². The van der Waals surface area contributed by atoms with Gasteiger partial charge in [-0.2, -0.15) is 0 Å². The molecule has 2 aromatic rings. The Bertz CT molecular complexity index is 505. The molecule has 1 aromatic carbocycles. The Kier molecular flexibility index (Phi) is 4.93. The fraction of sp³-hybridized carbons (Fsp3) is 0.400. The van der Waals surface area contributed by atoms with Crippen LogP contribution in [-0.2, 0) is 6.54 Å². The van der Waals surface area contributed by atoms with Gasteiger partial charge in [-0.15, -0.1) is 11.3 Å². The molecule has 0 atom stereocenters. The quantitative estimate of drug-likeness (QED) is 0.873. The number of nitrogens with one attached hydrogen (secondary N) is 1. The highest BCUT2D eigenvalue weighted by molar-refractivity contribution is 7.15. The molecule has 0 amide bonds. The molecule has 3 nitrogen and oxygen atoms in total. The molecule has 0 bridgehead atoms. The van der Waals surface area contributed by atoms with Gasteiger partial charge in [0.2, 0.25) is 0 Å². The van der Waals surface area contributed by atoms with Crippen molar-refractivity contribution in [3.8, 4) is 16.3 Å². The van der Waals surface area contributed by atoms with Gasteiger partial charge in [0.25, 0.3) is 0 Å². The van der Waals surface area contributed by atoms with Gasteiger partial charge in [0, 0.05) is 29.2 Å². The van der Waals surface area contributed by atoms with Gasteiger partial charge in [-0.05, 0) is 31.2 Å². The third-order valence-electron chi connectivity index (χ3n) is 2.65. The lowest BCUT2D eigenvalue weighted by Gasteiger charge is -2.05. The van der Waals surface area contributed by atoms with Crippen LogP contribution in [0.5, 0.6) is 5.75 Å². The Hall–Kier alpha value is -1.39. The minimum absolute atomic E-state index is 0.496. The summed E-state index contributed by atoms with van der Waals surface area (Å²) in [5, 5.41) is 4.46. The number of benzene rings is 1. The third kappa shape index (κ3) is 4.04. The molecule has 0 aliphatic heterocycles. The van der Waals surface area contributed by atoms with E-state index in [1.165, 1.54) is 4.88 Å². The zero-order valence-electron chi connectivity index (χ0n) is 11.6. The Balaban J connectivity index is 2.05. The zero-order chi connectivity index (χ0) is 13.7. The van der Waals surface area contributed by atoms with Crippen LogP contribution in [0.3, 0.4) is 0 Å². The van der Waals surface area contributed by atoms with Crippen LogP contribution in [0.2, 0.25) is 0 Å². The lowest BCUT2D eigenvalue weighted by molar-refractivity contribution is 0.340. The van der Waals surface area contributed by atoms with E-state index in [1.807, 2.05) is 25.3 Å². The maximum absolute atomic E-state index is 5.44. The summed E-state index contributed by atoms with van der Waals surface area (Å²) in [6, 6.07) is 8.60. The van der Waals surface area contributed by atoms with E-state index in [9.17, 15) is 0 Å².